The Morgan fingerprint density at radius 1 is 1.29 bits per heavy atom. The molecule has 2 aromatic rings. The number of benzene rings is 1. The highest BCUT2D eigenvalue weighted by Crippen LogP contribution is 2.16. The van der Waals surface area contributed by atoms with Gasteiger partial charge in [0.05, 0.1) is 0 Å². The molecular weight excluding hydrogens is 280 g/mol. The van der Waals surface area contributed by atoms with Crippen LogP contribution >= 0.6 is 11.3 Å². The Hall–Kier alpha value is -1.39. The molecule has 114 valence electrons. The molecule has 0 aliphatic rings. The largest absolute Gasteiger partial charge is 0.486 e. The molecule has 0 aliphatic carbocycles. The molecule has 0 spiro atoms. The van der Waals surface area contributed by atoms with Crippen LogP contribution in [0.15, 0.2) is 35.8 Å². The van der Waals surface area contributed by atoms with Gasteiger partial charge < -0.3 is 10.1 Å². The second-order valence-electron chi connectivity index (χ2n) is 5.25. The fourth-order valence-corrected chi connectivity index (χ4v) is 2.63. The van der Waals surface area contributed by atoms with Crippen LogP contribution in [-0.4, -0.2) is 17.6 Å². The molecule has 3 nitrogen and oxygen atoms in total. The SMILES string of the molecule is CCCNC(C)CCc1ccc(OCc2nccs2)cc1. The lowest BCUT2D eigenvalue weighted by Gasteiger charge is -2.13. The van der Waals surface area contributed by atoms with Gasteiger partial charge in [-0.15, -0.1) is 11.3 Å². The molecule has 21 heavy (non-hydrogen) atoms. The van der Waals surface area contributed by atoms with Crippen molar-refractivity contribution in [3.05, 3.63) is 46.4 Å². The average Bonchev–Trinajstić information content (AvgIpc) is 3.03. The summed E-state index contributed by atoms with van der Waals surface area (Å²) in [5.41, 5.74) is 1.36. The molecule has 1 heterocycles. The number of hydrogen-bond donors (Lipinski definition) is 1. The van der Waals surface area contributed by atoms with E-state index in [1.165, 1.54) is 18.4 Å². The molecule has 2 rings (SSSR count). The molecule has 1 atom stereocenters. The van der Waals surface area contributed by atoms with Gasteiger partial charge in [-0.2, -0.15) is 0 Å². The quantitative estimate of drug-likeness (QED) is 0.759. The summed E-state index contributed by atoms with van der Waals surface area (Å²) in [5, 5.41) is 6.50. The maximum atomic E-state index is 5.72. The second-order valence-corrected chi connectivity index (χ2v) is 6.23. The Bertz CT molecular complexity index is 496. The van der Waals surface area contributed by atoms with Crippen LogP contribution in [-0.2, 0) is 13.0 Å². The van der Waals surface area contributed by atoms with Crippen molar-refractivity contribution in [3.63, 3.8) is 0 Å². The highest BCUT2D eigenvalue weighted by molar-refractivity contribution is 7.09. The number of aromatic nitrogens is 1. The summed E-state index contributed by atoms with van der Waals surface area (Å²) in [5.74, 6) is 0.908. The van der Waals surface area contributed by atoms with Gasteiger partial charge in [-0.3, -0.25) is 0 Å². The zero-order valence-electron chi connectivity index (χ0n) is 12.8. The highest BCUT2D eigenvalue weighted by atomic mass is 32.1. The normalized spacial score (nSPS) is 12.3. The Morgan fingerprint density at radius 3 is 2.76 bits per heavy atom. The lowest BCUT2D eigenvalue weighted by Crippen LogP contribution is -2.27. The summed E-state index contributed by atoms with van der Waals surface area (Å²) in [7, 11) is 0. The fraction of sp³-hybridized carbons (Fsp3) is 0.471. The number of nitrogens with zero attached hydrogens (tertiary/aromatic N) is 1. The van der Waals surface area contributed by atoms with Crippen LogP contribution in [0.3, 0.4) is 0 Å². The summed E-state index contributed by atoms with van der Waals surface area (Å²) < 4.78 is 5.72. The van der Waals surface area contributed by atoms with Crippen molar-refractivity contribution in [1.29, 1.82) is 0 Å². The molecule has 1 aromatic heterocycles. The smallest absolute Gasteiger partial charge is 0.140 e. The minimum atomic E-state index is 0.551. The third-order valence-electron chi connectivity index (χ3n) is 3.38. The number of aryl methyl sites for hydroxylation is 1. The standard InChI is InChI=1S/C17H24N2OS/c1-3-10-18-14(2)4-5-15-6-8-16(9-7-15)20-13-17-19-11-12-21-17/h6-9,11-12,14,18H,3-5,10,13H2,1-2H3. The summed E-state index contributed by atoms with van der Waals surface area (Å²) in [6.45, 7) is 6.10. The van der Waals surface area contributed by atoms with Gasteiger partial charge in [-0.05, 0) is 50.4 Å². The van der Waals surface area contributed by atoms with E-state index in [1.807, 2.05) is 17.5 Å². The minimum absolute atomic E-state index is 0.551. The molecule has 0 radical (unpaired) electrons. The summed E-state index contributed by atoms with van der Waals surface area (Å²) >= 11 is 1.62. The Kier molecular flexibility index (Phi) is 6.70. The number of ether oxygens (including phenoxy) is 1. The van der Waals surface area contributed by atoms with E-state index in [0.717, 1.165) is 23.7 Å². The van der Waals surface area contributed by atoms with Crippen molar-refractivity contribution in [2.45, 2.75) is 45.8 Å². The lowest BCUT2D eigenvalue weighted by molar-refractivity contribution is 0.305. The van der Waals surface area contributed by atoms with Gasteiger partial charge in [0.15, 0.2) is 0 Å². The summed E-state index contributed by atoms with van der Waals surface area (Å²) in [4.78, 5) is 4.21. The van der Waals surface area contributed by atoms with Crippen molar-refractivity contribution < 1.29 is 4.74 Å². The van der Waals surface area contributed by atoms with Gasteiger partial charge in [0.2, 0.25) is 0 Å². The molecule has 0 bridgehead atoms. The van der Waals surface area contributed by atoms with Crippen molar-refractivity contribution in [2.24, 2.45) is 0 Å². The van der Waals surface area contributed by atoms with Gasteiger partial charge in [0.25, 0.3) is 0 Å². The Morgan fingerprint density at radius 2 is 2.10 bits per heavy atom. The molecule has 0 fully saturated rings. The molecule has 1 unspecified atom stereocenters. The zero-order valence-corrected chi connectivity index (χ0v) is 13.7. The number of rotatable bonds is 9. The van der Waals surface area contributed by atoms with Crippen LogP contribution in [0.5, 0.6) is 5.75 Å². The third-order valence-corrected chi connectivity index (χ3v) is 4.13. The first-order chi connectivity index (χ1) is 10.3. The van der Waals surface area contributed by atoms with Crippen LogP contribution in [0, 0.1) is 0 Å². The van der Waals surface area contributed by atoms with Crippen molar-refractivity contribution in [2.75, 3.05) is 6.54 Å². The maximum absolute atomic E-state index is 5.72. The minimum Gasteiger partial charge on any atom is -0.486 e. The summed E-state index contributed by atoms with van der Waals surface area (Å²) in [6.07, 6.45) is 5.26. The van der Waals surface area contributed by atoms with E-state index in [9.17, 15) is 0 Å². The molecule has 1 aromatic carbocycles. The van der Waals surface area contributed by atoms with Crippen LogP contribution in [0.2, 0.25) is 0 Å². The van der Waals surface area contributed by atoms with E-state index in [1.54, 1.807) is 17.5 Å². The van der Waals surface area contributed by atoms with E-state index in [0.29, 0.717) is 12.6 Å². The Labute approximate surface area is 131 Å². The van der Waals surface area contributed by atoms with E-state index < -0.39 is 0 Å². The molecule has 4 heteroatoms. The van der Waals surface area contributed by atoms with Gasteiger partial charge in [0.1, 0.15) is 17.4 Å². The monoisotopic (exact) mass is 304 g/mol. The van der Waals surface area contributed by atoms with Crippen molar-refractivity contribution in [3.8, 4) is 5.75 Å². The van der Waals surface area contributed by atoms with Crippen LogP contribution < -0.4 is 10.1 Å². The highest BCUT2D eigenvalue weighted by Gasteiger charge is 2.02. The zero-order chi connectivity index (χ0) is 14.9. The number of nitrogens with one attached hydrogen (secondary N) is 1. The van der Waals surface area contributed by atoms with E-state index in [2.05, 4.69) is 36.3 Å². The first-order valence-corrected chi connectivity index (χ1v) is 8.49. The lowest BCUT2D eigenvalue weighted by atomic mass is 10.1. The molecule has 1 N–H and O–H groups in total. The van der Waals surface area contributed by atoms with Crippen LogP contribution in [0.4, 0.5) is 0 Å². The molecule has 0 amide bonds. The average molecular weight is 304 g/mol. The van der Waals surface area contributed by atoms with E-state index in [-0.39, 0.29) is 0 Å². The van der Waals surface area contributed by atoms with Gasteiger partial charge in [0, 0.05) is 17.6 Å². The molecular formula is C17H24N2OS. The molecule has 0 saturated heterocycles. The first-order valence-electron chi connectivity index (χ1n) is 7.61. The molecule has 0 aliphatic heterocycles. The third kappa shape index (κ3) is 5.86. The molecule has 0 saturated carbocycles. The summed E-state index contributed by atoms with van der Waals surface area (Å²) in [6, 6.07) is 8.99. The van der Waals surface area contributed by atoms with E-state index in [4.69, 9.17) is 4.74 Å². The fourth-order valence-electron chi connectivity index (χ4n) is 2.10. The topological polar surface area (TPSA) is 34.1 Å². The predicted molar refractivity (Wildman–Crippen MR) is 89.0 cm³/mol. The van der Waals surface area contributed by atoms with Crippen LogP contribution in [0.1, 0.15) is 37.3 Å². The van der Waals surface area contributed by atoms with Crippen LogP contribution in [0.25, 0.3) is 0 Å². The van der Waals surface area contributed by atoms with Gasteiger partial charge >= 0.3 is 0 Å². The predicted octanol–water partition coefficient (Wildman–Crippen LogP) is 4.04. The first kappa shape index (κ1) is 16.0. The van der Waals surface area contributed by atoms with Crippen molar-refractivity contribution >= 4 is 11.3 Å². The van der Waals surface area contributed by atoms with E-state index >= 15 is 0 Å². The number of thiazole rings is 1. The number of hydrogen-bond acceptors (Lipinski definition) is 4. The Balaban J connectivity index is 1.73. The second kappa shape index (κ2) is 8.80. The maximum Gasteiger partial charge on any atom is 0.140 e. The van der Waals surface area contributed by atoms with Crippen molar-refractivity contribution in [1.82, 2.24) is 10.3 Å². The van der Waals surface area contributed by atoms with Gasteiger partial charge in [-0.1, -0.05) is 19.1 Å². The van der Waals surface area contributed by atoms with Gasteiger partial charge in [-0.25, -0.2) is 4.98 Å².